The summed E-state index contributed by atoms with van der Waals surface area (Å²) in [6.07, 6.45) is 7.68. The third-order valence-electron chi connectivity index (χ3n) is 10.2. The maximum Gasteiger partial charge on any atom is 0.259 e. The van der Waals surface area contributed by atoms with Crippen LogP contribution in [0.25, 0.3) is 34.2 Å². The van der Waals surface area contributed by atoms with Crippen molar-refractivity contribution in [3.63, 3.8) is 0 Å². The van der Waals surface area contributed by atoms with Crippen molar-refractivity contribution in [1.82, 2.24) is 34.2 Å². The molecule has 2 N–H and O–H groups in total. The number of carbonyl (C=O) groups excluding carboxylic acids is 1. The van der Waals surface area contributed by atoms with Gasteiger partial charge in [0.1, 0.15) is 0 Å². The van der Waals surface area contributed by atoms with Crippen molar-refractivity contribution in [1.29, 1.82) is 0 Å². The van der Waals surface area contributed by atoms with E-state index in [9.17, 15) is 4.79 Å². The number of hydrogen-bond donors (Lipinski definition) is 1. The number of nitrogens with zero attached hydrogens (tertiary/aromatic N) is 7. The molecule has 2 atom stereocenters. The minimum Gasteiger partial charge on any atom is -0.473 e. The van der Waals surface area contributed by atoms with Crippen LogP contribution in [0.1, 0.15) is 77.1 Å². The van der Waals surface area contributed by atoms with Crippen molar-refractivity contribution in [3.8, 4) is 22.9 Å². The molecule has 2 aliphatic heterocycles. The summed E-state index contributed by atoms with van der Waals surface area (Å²) in [4.78, 5) is 14.9. The van der Waals surface area contributed by atoms with E-state index in [2.05, 4.69) is 57.2 Å². The standard InChI is InChI=1S/C37H54N8O5Si/c1-24(2)49-35-26-14-15-29-27-20-25(13-16-30(27)45(40-29)33-12-10-11-18-47-33)28-21-39-43(7)36(28)50-32(34(38)46)23-42(6)22-31(26)44(41-35)17-19-48-51(8,9)37(3,4)5/h13-16,20-21,24,32-33H,10-12,17-19,22-23H2,1-9H3,(H2,38,46)/t32-,33?/m1/s1. The molecular formula is C37H54N8O5Si. The summed E-state index contributed by atoms with van der Waals surface area (Å²) >= 11 is 0. The molecule has 1 unspecified atom stereocenters. The molecule has 4 aromatic rings. The minimum absolute atomic E-state index is 0.0793. The number of benzene rings is 1. The van der Waals surface area contributed by atoms with Gasteiger partial charge >= 0.3 is 0 Å². The normalized spacial score (nSPS) is 19.1. The van der Waals surface area contributed by atoms with E-state index in [0.717, 1.165) is 58.2 Å². The van der Waals surface area contributed by atoms with Crippen LogP contribution < -0.4 is 15.2 Å². The smallest absolute Gasteiger partial charge is 0.259 e. The van der Waals surface area contributed by atoms with Crippen LogP contribution in [0.2, 0.25) is 18.1 Å². The van der Waals surface area contributed by atoms with E-state index in [1.54, 1.807) is 17.9 Å². The van der Waals surface area contributed by atoms with Crippen LogP contribution in [-0.2, 0) is 34.1 Å². The molecule has 1 aromatic carbocycles. The van der Waals surface area contributed by atoms with E-state index in [1.807, 2.05) is 47.3 Å². The lowest BCUT2D eigenvalue weighted by Crippen LogP contribution is -2.43. The Hall–Kier alpha value is -3.98. The molecule has 3 aromatic heterocycles. The minimum atomic E-state index is -2.00. The molecule has 5 heterocycles. The summed E-state index contributed by atoms with van der Waals surface area (Å²) in [5.74, 6) is 0.426. The van der Waals surface area contributed by atoms with Crippen LogP contribution in [0.3, 0.4) is 0 Å². The monoisotopic (exact) mass is 718 g/mol. The van der Waals surface area contributed by atoms with Crippen molar-refractivity contribution in [2.45, 2.75) is 104 Å². The van der Waals surface area contributed by atoms with Crippen LogP contribution in [0, 0.1) is 0 Å². The molecule has 6 rings (SSSR count). The highest BCUT2D eigenvalue weighted by Crippen LogP contribution is 2.38. The fourth-order valence-electron chi connectivity index (χ4n) is 6.36. The Bertz CT molecular complexity index is 1900. The maximum atomic E-state index is 12.9. The highest BCUT2D eigenvalue weighted by molar-refractivity contribution is 6.74. The molecule has 51 heavy (non-hydrogen) atoms. The Labute approximate surface area is 301 Å². The number of carbonyl (C=O) groups is 1. The van der Waals surface area contributed by atoms with Crippen molar-refractivity contribution in [2.75, 3.05) is 26.8 Å². The van der Waals surface area contributed by atoms with Gasteiger partial charge in [-0.25, -0.2) is 9.36 Å². The molecule has 276 valence electrons. The van der Waals surface area contributed by atoms with Crippen molar-refractivity contribution in [2.24, 2.45) is 12.8 Å². The first-order valence-electron chi connectivity index (χ1n) is 18.0. The fraction of sp³-hybridized carbons (Fsp3) is 0.568. The van der Waals surface area contributed by atoms with E-state index in [4.69, 9.17) is 34.6 Å². The second-order valence-corrected chi connectivity index (χ2v) is 20.4. The highest BCUT2D eigenvalue weighted by atomic mass is 28.4. The van der Waals surface area contributed by atoms with E-state index in [0.29, 0.717) is 38.1 Å². The van der Waals surface area contributed by atoms with Crippen molar-refractivity contribution in [3.05, 3.63) is 41.3 Å². The number of fused-ring (bicyclic) bond motifs is 4. The largest absolute Gasteiger partial charge is 0.473 e. The van der Waals surface area contributed by atoms with Crippen LogP contribution in [0.15, 0.2) is 24.4 Å². The summed E-state index contributed by atoms with van der Waals surface area (Å²) in [7, 11) is 1.74. The van der Waals surface area contributed by atoms with Gasteiger partial charge in [-0.15, -0.1) is 5.10 Å². The topological polar surface area (TPSA) is 137 Å². The number of ether oxygens (including phenoxy) is 3. The first kappa shape index (κ1) is 36.8. The van der Waals surface area contributed by atoms with Crippen LogP contribution >= 0.6 is 0 Å². The fourth-order valence-corrected chi connectivity index (χ4v) is 7.40. The average molecular weight is 719 g/mol. The number of rotatable bonds is 8. The lowest BCUT2D eigenvalue weighted by Gasteiger charge is -2.36. The Kier molecular flexibility index (Phi) is 10.5. The Morgan fingerprint density at radius 2 is 1.92 bits per heavy atom. The predicted octanol–water partition coefficient (Wildman–Crippen LogP) is 5.99. The number of primary amides is 1. The van der Waals surface area contributed by atoms with E-state index >= 15 is 0 Å². The van der Waals surface area contributed by atoms with Gasteiger partial charge in [-0.2, -0.15) is 10.2 Å². The third kappa shape index (κ3) is 7.78. The molecule has 2 aliphatic rings. The maximum absolute atomic E-state index is 12.9. The molecule has 14 heteroatoms. The Morgan fingerprint density at radius 3 is 2.61 bits per heavy atom. The summed E-state index contributed by atoms with van der Waals surface area (Å²) in [6, 6.07) is 6.21. The SMILES string of the molecule is CC(C)Oc1nn(CCO[Si](C)(C)C(C)(C)C)c2c1C=Cc1nn(C3CCCCO3)c3ccc(cc13)-c1cnn(C)c1O[C@@H](C(N)=O)CN(C)C2. The number of aromatic nitrogens is 6. The summed E-state index contributed by atoms with van der Waals surface area (Å²) < 4.78 is 31.2. The zero-order chi connectivity index (χ0) is 36.7. The number of amides is 1. The molecule has 1 amide bonds. The van der Waals surface area contributed by atoms with E-state index in [1.165, 1.54) is 0 Å². The van der Waals surface area contributed by atoms with Crippen molar-refractivity contribution < 1.29 is 23.4 Å². The zero-order valence-electron chi connectivity index (χ0n) is 31.6. The summed E-state index contributed by atoms with van der Waals surface area (Å²) in [5, 5.41) is 15.7. The quantitative estimate of drug-likeness (QED) is 0.218. The van der Waals surface area contributed by atoms with E-state index in [-0.39, 0.29) is 23.9 Å². The van der Waals surface area contributed by atoms with Gasteiger partial charge in [0, 0.05) is 32.1 Å². The van der Waals surface area contributed by atoms with Crippen molar-refractivity contribution >= 4 is 37.3 Å². The highest BCUT2D eigenvalue weighted by Gasteiger charge is 2.37. The summed E-state index contributed by atoms with van der Waals surface area (Å²) in [6.45, 7) is 17.6. The summed E-state index contributed by atoms with van der Waals surface area (Å²) in [5.41, 5.74) is 11.1. The molecular weight excluding hydrogens is 665 g/mol. The second-order valence-electron chi connectivity index (χ2n) is 15.6. The lowest BCUT2D eigenvalue weighted by molar-refractivity contribution is -0.125. The number of hydrogen-bond acceptors (Lipinski definition) is 9. The molecule has 0 saturated carbocycles. The third-order valence-corrected chi connectivity index (χ3v) is 14.8. The van der Waals surface area contributed by atoms with E-state index < -0.39 is 20.3 Å². The lowest BCUT2D eigenvalue weighted by atomic mass is 10.0. The molecule has 0 spiro atoms. The Balaban J connectivity index is 1.51. The molecule has 1 saturated heterocycles. The van der Waals surface area contributed by atoms with Gasteiger partial charge in [0.25, 0.3) is 5.91 Å². The molecule has 0 radical (unpaired) electrons. The van der Waals surface area contributed by atoms with Gasteiger partial charge < -0.3 is 24.4 Å². The van der Waals surface area contributed by atoms with Crippen LogP contribution in [-0.4, -0.2) is 87.5 Å². The molecule has 0 aliphatic carbocycles. The van der Waals surface area contributed by atoms with Gasteiger partial charge in [0.2, 0.25) is 11.8 Å². The number of nitrogens with two attached hydrogens (primary N) is 1. The van der Waals surface area contributed by atoms with Crippen LogP contribution in [0.4, 0.5) is 0 Å². The Morgan fingerprint density at radius 1 is 1.14 bits per heavy atom. The van der Waals surface area contributed by atoms with Crippen LogP contribution in [0.5, 0.6) is 11.8 Å². The van der Waals surface area contributed by atoms with Gasteiger partial charge in [0.05, 0.1) is 53.5 Å². The first-order valence-corrected chi connectivity index (χ1v) is 20.9. The van der Waals surface area contributed by atoms with Gasteiger partial charge in [-0.05, 0) is 88.1 Å². The van der Waals surface area contributed by atoms with Gasteiger partial charge in [-0.1, -0.05) is 26.8 Å². The average Bonchev–Trinajstić information content (AvgIpc) is 3.71. The number of aryl methyl sites for hydroxylation is 1. The molecule has 13 nitrogen and oxygen atoms in total. The zero-order valence-corrected chi connectivity index (χ0v) is 32.6. The second kappa shape index (κ2) is 14.6. The molecule has 2 bridgehead atoms. The molecule has 1 fully saturated rings. The van der Waals surface area contributed by atoms with Gasteiger partial charge in [-0.3, -0.25) is 14.4 Å². The van der Waals surface area contributed by atoms with Gasteiger partial charge in [0.15, 0.2) is 20.6 Å². The first-order chi connectivity index (χ1) is 24.1. The number of likely N-dealkylation sites (N-methyl/N-ethyl adjacent to an activating group) is 1. The predicted molar refractivity (Wildman–Crippen MR) is 201 cm³/mol.